The second-order valence-electron chi connectivity index (χ2n) is 4.42. The summed E-state index contributed by atoms with van der Waals surface area (Å²) in [6, 6.07) is 12.8. The molecule has 0 saturated heterocycles. The van der Waals surface area contributed by atoms with E-state index in [1.165, 1.54) is 0 Å². The summed E-state index contributed by atoms with van der Waals surface area (Å²) in [5.74, 6) is -0.947. The molecule has 2 aromatic rings. The Morgan fingerprint density at radius 2 is 2.00 bits per heavy atom. The molecular formula is C15H13BrClNO2. The number of carbonyl (C=O) groups is 1. The molecule has 0 aliphatic heterocycles. The molecule has 0 unspecified atom stereocenters. The zero-order valence-electron chi connectivity index (χ0n) is 10.8. The maximum Gasteiger partial charge on any atom is 0.336 e. The van der Waals surface area contributed by atoms with Crippen molar-refractivity contribution < 1.29 is 9.90 Å². The van der Waals surface area contributed by atoms with Gasteiger partial charge in [-0.25, -0.2) is 4.79 Å². The van der Waals surface area contributed by atoms with Gasteiger partial charge in [0.2, 0.25) is 0 Å². The van der Waals surface area contributed by atoms with Crippen LogP contribution in [0.2, 0.25) is 5.02 Å². The van der Waals surface area contributed by atoms with E-state index in [1.54, 1.807) is 18.2 Å². The summed E-state index contributed by atoms with van der Waals surface area (Å²) >= 11 is 9.42. The third kappa shape index (κ3) is 3.32. The normalized spacial score (nSPS) is 10.3. The van der Waals surface area contributed by atoms with E-state index in [4.69, 9.17) is 16.7 Å². The van der Waals surface area contributed by atoms with Crippen molar-refractivity contribution in [3.8, 4) is 0 Å². The summed E-state index contributed by atoms with van der Waals surface area (Å²) in [6.07, 6.45) is 0. The monoisotopic (exact) mass is 353 g/mol. The lowest BCUT2D eigenvalue weighted by atomic mass is 10.1. The van der Waals surface area contributed by atoms with Crippen molar-refractivity contribution in [1.29, 1.82) is 0 Å². The molecule has 2 rings (SSSR count). The van der Waals surface area contributed by atoms with Gasteiger partial charge < -0.3 is 10.0 Å². The van der Waals surface area contributed by atoms with E-state index in [0.717, 1.165) is 16.3 Å². The number of carboxylic acids is 1. The molecular weight excluding hydrogens is 342 g/mol. The molecule has 0 aromatic heterocycles. The fraction of sp³-hybridized carbons (Fsp3) is 0.133. The third-order valence-electron chi connectivity index (χ3n) is 2.99. The highest BCUT2D eigenvalue weighted by molar-refractivity contribution is 9.10. The van der Waals surface area contributed by atoms with Crippen molar-refractivity contribution in [3.05, 3.63) is 63.1 Å². The van der Waals surface area contributed by atoms with Crippen molar-refractivity contribution >= 4 is 39.2 Å². The fourth-order valence-electron chi connectivity index (χ4n) is 1.89. The van der Waals surface area contributed by atoms with Crippen LogP contribution in [0.3, 0.4) is 0 Å². The molecule has 5 heteroatoms. The number of anilines is 1. The van der Waals surface area contributed by atoms with Gasteiger partial charge >= 0.3 is 5.97 Å². The van der Waals surface area contributed by atoms with Crippen LogP contribution in [0.1, 0.15) is 15.9 Å². The van der Waals surface area contributed by atoms with Crippen LogP contribution < -0.4 is 4.90 Å². The van der Waals surface area contributed by atoms with Gasteiger partial charge in [0.1, 0.15) is 0 Å². The Morgan fingerprint density at radius 3 is 2.60 bits per heavy atom. The zero-order valence-corrected chi connectivity index (χ0v) is 13.1. The number of hydrogen-bond donors (Lipinski definition) is 1. The Labute approximate surface area is 130 Å². The van der Waals surface area contributed by atoms with Crippen LogP contribution in [-0.2, 0) is 6.54 Å². The predicted molar refractivity (Wildman–Crippen MR) is 84.7 cm³/mol. The number of carboxylic acid groups (broad SMARTS) is 1. The number of rotatable bonds is 4. The van der Waals surface area contributed by atoms with E-state index in [2.05, 4.69) is 15.9 Å². The SMILES string of the molecule is CN(Cc1ccccc1Cl)c1ccc(C(=O)O)c(Br)c1. The topological polar surface area (TPSA) is 40.5 Å². The lowest BCUT2D eigenvalue weighted by Gasteiger charge is -2.20. The predicted octanol–water partition coefficient (Wildman–Crippen LogP) is 4.44. The smallest absolute Gasteiger partial charge is 0.336 e. The van der Waals surface area contributed by atoms with Crippen molar-refractivity contribution in [2.75, 3.05) is 11.9 Å². The van der Waals surface area contributed by atoms with Crippen molar-refractivity contribution in [1.82, 2.24) is 0 Å². The molecule has 0 saturated carbocycles. The Bertz CT molecular complexity index is 646. The summed E-state index contributed by atoms with van der Waals surface area (Å²) < 4.78 is 0.563. The van der Waals surface area contributed by atoms with E-state index in [-0.39, 0.29) is 5.56 Å². The second-order valence-corrected chi connectivity index (χ2v) is 5.68. The number of aromatic carboxylic acids is 1. The van der Waals surface area contributed by atoms with Gasteiger partial charge in [0.25, 0.3) is 0 Å². The number of nitrogens with zero attached hydrogens (tertiary/aromatic N) is 1. The number of halogens is 2. The molecule has 2 aromatic carbocycles. The maximum absolute atomic E-state index is 11.0. The molecule has 0 atom stereocenters. The average molecular weight is 355 g/mol. The first-order chi connectivity index (χ1) is 9.49. The molecule has 1 N–H and O–H groups in total. The quantitative estimate of drug-likeness (QED) is 0.882. The van der Waals surface area contributed by atoms with Gasteiger partial charge in [-0.1, -0.05) is 29.8 Å². The van der Waals surface area contributed by atoms with Crippen LogP contribution in [0.5, 0.6) is 0 Å². The van der Waals surface area contributed by atoms with Gasteiger partial charge in [0, 0.05) is 28.8 Å². The van der Waals surface area contributed by atoms with Gasteiger partial charge in [-0.15, -0.1) is 0 Å². The second kappa shape index (κ2) is 6.29. The van der Waals surface area contributed by atoms with Crippen molar-refractivity contribution in [3.63, 3.8) is 0 Å². The largest absolute Gasteiger partial charge is 0.478 e. The summed E-state index contributed by atoms with van der Waals surface area (Å²) in [7, 11) is 1.94. The van der Waals surface area contributed by atoms with E-state index in [0.29, 0.717) is 11.0 Å². The standard InChI is InChI=1S/C15H13BrClNO2/c1-18(9-10-4-2-3-5-14(10)17)11-6-7-12(15(19)20)13(16)8-11/h2-8H,9H2,1H3,(H,19,20). The van der Waals surface area contributed by atoms with Crippen LogP contribution >= 0.6 is 27.5 Å². The first kappa shape index (κ1) is 14.9. The van der Waals surface area contributed by atoms with Crippen LogP contribution in [0, 0.1) is 0 Å². The molecule has 104 valence electrons. The molecule has 0 heterocycles. The van der Waals surface area contributed by atoms with Crippen molar-refractivity contribution in [2.24, 2.45) is 0 Å². The Balaban J connectivity index is 2.22. The highest BCUT2D eigenvalue weighted by Gasteiger charge is 2.11. The highest BCUT2D eigenvalue weighted by atomic mass is 79.9. The summed E-state index contributed by atoms with van der Waals surface area (Å²) in [5, 5.41) is 9.73. The van der Waals surface area contributed by atoms with Gasteiger partial charge in [0.15, 0.2) is 0 Å². The molecule has 0 bridgehead atoms. The molecule has 0 spiro atoms. The average Bonchev–Trinajstić information content (AvgIpc) is 2.40. The van der Waals surface area contributed by atoms with Crippen LogP contribution in [0.25, 0.3) is 0 Å². The molecule has 0 aliphatic carbocycles. The summed E-state index contributed by atoms with van der Waals surface area (Å²) in [4.78, 5) is 13.0. The van der Waals surface area contributed by atoms with Crippen LogP contribution in [0.4, 0.5) is 5.69 Å². The number of hydrogen-bond acceptors (Lipinski definition) is 2. The van der Waals surface area contributed by atoms with E-state index < -0.39 is 5.97 Å². The van der Waals surface area contributed by atoms with E-state index >= 15 is 0 Å². The van der Waals surface area contributed by atoms with Crippen molar-refractivity contribution in [2.45, 2.75) is 6.54 Å². The molecule has 0 aliphatic rings. The Morgan fingerprint density at radius 1 is 1.30 bits per heavy atom. The minimum absolute atomic E-state index is 0.250. The molecule has 3 nitrogen and oxygen atoms in total. The lowest BCUT2D eigenvalue weighted by Crippen LogP contribution is -2.16. The first-order valence-electron chi connectivity index (χ1n) is 5.96. The molecule has 20 heavy (non-hydrogen) atoms. The maximum atomic E-state index is 11.0. The fourth-order valence-corrected chi connectivity index (χ4v) is 2.62. The minimum Gasteiger partial charge on any atom is -0.478 e. The third-order valence-corrected chi connectivity index (χ3v) is 4.01. The summed E-state index contributed by atoms with van der Waals surface area (Å²) in [6.45, 7) is 0.651. The van der Waals surface area contributed by atoms with Gasteiger partial charge in [-0.2, -0.15) is 0 Å². The molecule has 0 fully saturated rings. The van der Waals surface area contributed by atoms with E-state index in [9.17, 15) is 4.79 Å². The van der Waals surface area contributed by atoms with Gasteiger partial charge in [0.05, 0.1) is 5.56 Å². The Kier molecular flexibility index (Phi) is 4.68. The van der Waals surface area contributed by atoms with Gasteiger partial charge in [-0.05, 0) is 45.8 Å². The van der Waals surface area contributed by atoms with Crippen LogP contribution in [-0.4, -0.2) is 18.1 Å². The lowest BCUT2D eigenvalue weighted by molar-refractivity contribution is 0.0696. The van der Waals surface area contributed by atoms with Crippen LogP contribution in [0.15, 0.2) is 46.9 Å². The van der Waals surface area contributed by atoms with Gasteiger partial charge in [-0.3, -0.25) is 0 Å². The zero-order chi connectivity index (χ0) is 14.7. The molecule has 0 radical (unpaired) electrons. The highest BCUT2D eigenvalue weighted by Crippen LogP contribution is 2.26. The Hall–Kier alpha value is -1.52. The molecule has 0 amide bonds. The summed E-state index contributed by atoms with van der Waals surface area (Å²) in [5.41, 5.74) is 2.19. The minimum atomic E-state index is -0.947. The number of benzene rings is 2. The first-order valence-corrected chi connectivity index (χ1v) is 7.13. The van der Waals surface area contributed by atoms with E-state index in [1.807, 2.05) is 36.2 Å².